The van der Waals surface area contributed by atoms with Crippen LogP contribution in [0.1, 0.15) is 24.1 Å². The molecule has 158 valence electrons. The Hall–Kier alpha value is -2.39. The van der Waals surface area contributed by atoms with Crippen LogP contribution in [0, 0.1) is 5.82 Å². The zero-order valence-electron chi connectivity index (χ0n) is 15.2. The van der Waals surface area contributed by atoms with E-state index in [2.05, 4.69) is 10.3 Å². The molecule has 0 amide bonds. The summed E-state index contributed by atoms with van der Waals surface area (Å²) in [6.07, 6.45) is -2.49. The maximum absolute atomic E-state index is 13.9. The first-order chi connectivity index (χ1) is 13.6. The number of nitrogens with one attached hydrogen (secondary N) is 1. The van der Waals surface area contributed by atoms with Gasteiger partial charge < -0.3 is 15.2 Å². The summed E-state index contributed by atoms with van der Waals surface area (Å²) >= 11 is 5.77. The summed E-state index contributed by atoms with van der Waals surface area (Å²) < 4.78 is 51.5. The largest absolute Gasteiger partial charge is 0.490 e. The molecule has 29 heavy (non-hydrogen) atoms. The molecule has 2 heterocycles. The van der Waals surface area contributed by atoms with Crippen LogP contribution in [0.2, 0.25) is 5.02 Å². The molecule has 1 fully saturated rings. The van der Waals surface area contributed by atoms with Crippen LogP contribution in [-0.4, -0.2) is 41.4 Å². The van der Waals surface area contributed by atoms with Crippen LogP contribution in [0.3, 0.4) is 0 Å². The molecule has 10 heteroatoms. The predicted octanol–water partition coefficient (Wildman–Crippen LogP) is 4.23. The number of benzene rings is 1. The lowest BCUT2D eigenvalue weighted by Crippen LogP contribution is -2.34. The highest BCUT2D eigenvalue weighted by molar-refractivity contribution is 6.30. The molecule has 5 nitrogen and oxygen atoms in total. The fourth-order valence-electron chi connectivity index (χ4n) is 2.57. The molecule has 1 aliphatic heterocycles. The van der Waals surface area contributed by atoms with Crippen molar-refractivity contribution in [2.45, 2.75) is 31.5 Å². The van der Waals surface area contributed by atoms with Gasteiger partial charge in [0, 0.05) is 23.2 Å². The third-order valence-corrected chi connectivity index (χ3v) is 4.22. The maximum atomic E-state index is 13.9. The van der Waals surface area contributed by atoms with Gasteiger partial charge in [-0.05, 0) is 49.7 Å². The smallest absolute Gasteiger partial charge is 0.475 e. The molecule has 0 aliphatic carbocycles. The lowest BCUT2D eigenvalue weighted by molar-refractivity contribution is -0.192. The molecule has 2 aromatic rings. The van der Waals surface area contributed by atoms with Crippen LogP contribution in [-0.2, 0) is 11.2 Å². The number of hydrogen-bond acceptors (Lipinski definition) is 4. The summed E-state index contributed by atoms with van der Waals surface area (Å²) in [5.41, 5.74) is 1.36. The Morgan fingerprint density at radius 3 is 2.48 bits per heavy atom. The topological polar surface area (TPSA) is 71.5 Å². The van der Waals surface area contributed by atoms with Gasteiger partial charge in [-0.3, -0.25) is 0 Å². The van der Waals surface area contributed by atoms with Gasteiger partial charge in [0.2, 0.25) is 5.88 Å². The van der Waals surface area contributed by atoms with Crippen LogP contribution >= 0.6 is 11.6 Å². The number of alkyl halides is 3. The molecule has 0 spiro atoms. The molecule has 0 radical (unpaired) electrons. The van der Waals surface area contributed by atoms with E-state index in [1.165, 1.54) is 6.07 Å². The fourth-order valence-corrected chi connectivity index (χ4v) is 2.72. The van der Waals surface area contributed by atoms with Crippen LogP contribution in [0.5, 0.6) is 5.88 Å². The van der Waals surface area contributed by atoms with E-state index in [0.29, 0.717) is 22.9 Å². The highest BCUT2D eigenvalue weighted by Crippen LogP contribution is 2.19. The molecule has 3 rings (SSSR count). The number of rotatable bonds is 4. The third kappa shape index (κ3) is 7.86. The molecule has 1 aromatic heterocycles. The Kier molecular flexibility index (Phi) is 8.21. The van der Waals surface area contributed by atoms with E-state index in [0.717, 1.165) is 31.6 Å². The number of nitrogens with zero attached hydrogens (tertiary/aromatic N) is 1. The van der Waals surface area contributed by atoms with E-state index >= 15 is 0 Å². The van der Waals surface area contributed by atoms with Crippen molar-refractivity contribution in [2.75, 3.05) is 13.1 Å². The van der Waals surface area contributed by atoms with Gasteiger partial charge in [-0.1, -0.05) is 23.7 Å². The Labute approximate surface area is 169 Å². The van der Waals surface area contributed by atoms with Gasteiger partial charge in [0.25, 0.3) is 0 Å². The SMILES string of the molecule is Fc1cc(Cl)ccc1Cc1cccc(OC2CCNCC2)n1.O=C(O)C(F)(F)F. The summed E-state index contributed by atoms with van der Waals surface area (Å²) in [6.45, 7) is 1.95. The summed E-state index contributed by atoms with van der Waals surface area (Å²) in [5, 5.41) is 10.8. The van der Waals surface area contributed by atoms with Crippen molar-refractivity contribution < 1.29 is 32.2 Å². The fraction of sp³-hybridized carbons (Fsp3) is 0.368. The van der Waals surface area contributed by atoms with Gasteiger partial charge in [0.1, 0.15) is 11.9 Å². The lowest BCUT2D eigenvalue weighted by atomic mass is 10.1. The summed E-state index contributed by atoms with van der Waals surface area (Å²) in [6, 6.07) is 10.3. The summed E-state index contributed by atoms with van der Waals surface area (Å²) in [5.74, 6) is -2.45. The molecule has 1 saturated heterocycles. The molecular formula is C19H19ClF4N2O3. The Balaban J connectivity index is 0.000000370. The van der Waals surface area contributed by atoms with E-state index in [1.807, 2.05) is 18.2 Å². The lowest BCUT2D eigenvalue weighted by Gasteiger charge is -2.23. The molecule has 2 N–H and O–H groups in total. The minimum absolute atomic E-state index is 0.205. The number of halogens is 5. The summed E-state index contributed by atoms with van der Waals surface area (Å²) in [4.78, 5) is 13.4. The number of aromatic nitrogens is 1. The van der Waals surface area contributed by atoms with Crippen molar-refractivity contribution in [3.8, 4) is 5.88 Å². The zero-order chi connectivity index (χ0) is 21.4. The molecule has 0 atom stereocenters. The van der Waals surface area contributed by atoms with Gasteiger partial charge in [-0.15, -0.1) is 0 Å². The van der Waals surface area contributed by atoms with Crippen LogP contribution in [0.15, 0.2) is 36.4 Å². The number of pyridine rings is 1. The molecule has 1 aromatic carbocycles. The van der Waals surface area contributed by atoms with Crippen molar-refractivity contribution in [1.29, 1.82) is 0 Å². The van der Waals surface area contributed by atoms with E-state index in [-0.39, 0.29) is 11.9 Å². The van der Waals surface area contributed by atoms with Crippen molar-refractivity contribution in [3.63, 3.8) is 0 Å². The molecule has 1 aliphatic rings. The number of carboxylic acid groups (broad SMARTS) is 1. The quantitative estimate of drug-likeness (QED) is 0.705. The molecule has 0 bridgehead atoms. The number of aliphatic carboxylic acids is 1. The van der Waals surface area contributed by atoms with Crippen molar-refractivity contribution in [3.05, 3.63) is 58.5 Å². The van der Waals surface area contributed by atoms with Gasteiger partial charge >= 0.3 is 12.1 Å². The first kappa shape index (κ1) is 22.9. The second kappa shape index (κ2) is 10.4. The average Bonchev–Trinajstić information content (AvgIpc) is 2.65. The Bertz CT molecular complexity index is 827. The van der Waals surface area contributed by atoms with Crippen molar-refractivity contribution in [2.24, 2.45) is 0 Å². The van der Waals surface area contributed by atoms with Gasteiger partial charge in [0.15, 0.2) is 0 Å². The van der Waals surface area contributed by atoms with Crippen molar-refractivity contribution >= 4 is 17.6 Å². The van der Waals surface area contributed by atoms with Gasteiger partial charge in [-0.2, -0.15) is 13.2 Å². The second-order valence-electron chi connectivity index (χ2n) is 6.25. The minimum Gasteiger partial charge on any atom is -0.475 e. The standard InChI is InChI=1S/C17H18ClFN2O.C2HF3O2/c18-13-5-4-12(16(19)11-13)10-14-2-1-3-17(21-14)22-15-6-8-20-9-7-15;3-2(4,5)1(6)7/h1-5,11,15,20H,6-10H2;(H,6,7). The molecular weight excluding hydrogens is 416 g/mol. The van der Waals surface area contributed by atoms with E-state index < -0.39 is 12.1 Å². The number of ether oxygens (including phenoxy) is 1. The highest BCUT2D eigenvalue weighted by atomic mass is 35.5. The predicted molar refractivity (Wildman–Crippen MR) is 98.7 cm³/mol. The molecule has 0 saturated carbocycles. The summed E-state index contributed by atoms with van der Waals surface area (Å²) in [7, 11) is 0. The first-order valence-corrected chi connectivity index (χ1v) is 9.10. The van der Waals surface area contributed by atoms with E-state index in [4.69, 9.17) is 26.2 Å². The number of piperidine rings is 1. The molecule has 0 unspecified atom stereocenters. The Morgan fingerprint density at radius 2 is 1.90 bits per heavy atom. The van der Waals surface area contributed by atoms with Crippen LogP contribution in [0.4, 0.5) is 17.6 Å². The van der Waals surface area contributed by atoms with E-state index in [1.54, 1.807) is 12.1 Å². The number of hydrogen-bond donors (Lipinski definition) is 2. The second-order valence-corrected chi connectivity index (χ2v) is 6.69. The minimum atomic E-state index is -5.08. The number of carbonyl (C=O) groups is 1. The van der Waals surface area contributed by atoms with Gasteiger partial charge in [0.05, 0.1) is 0 Å². The third-order valence-electron chi connectivity index (χ3n) is 3.98. The maximum Gasteiger partial charge on any atom is 0.490 e. The normalized spacial score (nSPS) is 14.7. The first-order valence-electron chi connectivity index (χ1n) is 8.72. The van der Waals surface area contributed by atoms with Crippen LogP contribution in [0.25, 0.3) is 0 Å². The number of carboxylic acids is 1. The van der Waals surface area contributed by atoms with Gasteiger partial charge in [-0.25, -0.2) is 14.2 Å². The monoisotopic (exact) mass is 434 g/mol. The average molecular weight is 435 g/mol. The van der Waals surface area contributed by atoms with Crippen molar-refractivity contribution in [1.82, 2.24) is 10.3 Å². The zero-order valence-corrected chi connectivity index (χ0v) is 15.9. The Morgan fingerprint density at radius 1 is 1.24 bits per heavy atom. The van der Waals surface area contributed by atoms with Crippen LogP contribution < -0.4 is 10.1 Å². The van der Waals surface area contributed by atoms with E-state index in [9.17, 15) is 17.6 Å². The highest BCUT2D eigenvalue weighted by Gasteiger charge is 2.38.